The van der Waals surface area contributed by atoms with E-state index in [0.717, 1.165) is 25.6 Å². The van der Waals surface area contributed by atoms with Gasteiger partial charge in [-0.1, -0.05) is 39.8 Å². The second-order valence-electron chi connectivity index (χ2n) is 4.11. The van der Waals surface area contributed by atoms with Gasteiger partial charge < -0.3 is 9.84 Å². The summed E-state index contributed by atoms with van der Waals surface area (Å²) in [5.41, 5.74) is 0.829. The summed E-state index contributed by atoms with van der Waals surface area (Å²) in [6, 6.07) is 13.9. The molecule has 0 aromatic heterocycles. The van der Waals surface area contributed by atoms with Crippen molar-refractivity contribution in [2.45, 2.75) is 22.8 Å². The Hall–Kier alpha value is -0.970. The van der Waals surface area contributed by atoms with Crippen LogP contribution >= 0.6 is 27.7 Å². The topological polar surface area (TPSA) is 29.5 Å². The van der Waals surface area contributed by atoms with Crippen LogP contribution in [0.5, 0.6) is 5.75 Å². The number of hydrogen-bond acceptors (Lipinski definition) is 3. The minimum atomic E-state index is -0.564. The molecular formula is C15H15BrO2S. The molecule has 0 aliphatic rings. The van der Waals surface area contributed by atoms with Gasteiger partial charge in [0.15, 0.2) is 0 Å². The first-order valence-corrected chi connectivity index (χ1v) is 7.51. The molecule has 0 saturated heterocycles. The molecule has 4 heteroatoms. The highest BCUT2D eigenvalue weighted by atomic mass is 79.9. The highest BCUT2D eigenvalue weighted by Gasteiger charge is 2.14. The normalized spacial score (nSPS) is 12.2. The lowest BCUT2D eigenvalue weighted by molar-refractivity contribution is 0.191. The number of aliphatic hydroxyl groups excluding tert-OH is 1. The van der Waals surface area contributed by atoms with Gasteiger partial charge in [0.05, 0.1) is 13.2 Å². The van der Waals surface area contributed by atoms with Crippen LogP contribution in [-0.2, 0) is 0 Å². The van der Waals surface area contributed by atoms with Crippen LogP contribution in [0.2, 0.25) is 0 Å². The van der Waals surface area contributed by atoms with Crippen molar-refractivity contribution in [1.29, 1.82) is 0 Å². The molecule has 2 aromatic rings. The van der Waals surface area contributed by atoms with Gasteiger partial charge in [-0.05, 0) is 37.3 Å². The molecule has 2 rings (SSSR count). The molecule has 19 heavy (non-hydrogen) atoms. The van der Waals surface area contributed by atoms with Gasteiger partial charge in [-0.15, -0.1) is 0 Å². The molecule has 0 saturated carbocycles. The van der Waals surface area contributed by atoms with Gasteiger partial charge in [0.1, 0.15) is 5.75 Å². The maximum absolute atomic E-state index is 9.95. The van der Waals surface area contributed by atoms with Crippen molar-refractivity contribution in [1.82, 2.24) is 0 Å². The van der Waals surface area contributed by atoms with Crippen LogP contribution in [0.15, 0.2) is 56.7 Å². The molecule has 0 amide bonds. The van der Waals surface area contributed by atoms with Gasteiger partial charge in [0.2, 0.25) is 0 Å². The van der Waals surface area contributed by atoms with E-state index in [4.69, 9.17) is 4.74 Å². The van der Waals surface area contributed by atoms with E-state index in [9.17, 15) is 5.11 Å². The Labute approximate surface area is 125 Å². The Morgan fingerprint density at radius 1 is 1.21 bits per heavy atom. The number of benzene rings is 2. The Morgan fingerprint density at radius 3 is 2.58 bits per heavy atom. The average molecular weight is 339 g/mol. The van der Waals surface area contributed by atoms with Gasteiger partial charge in [0, 0.05) is 19.8 Å². The van der Waals surface area contributed by atoms with E-state index in [-0.39, 0.29) is 0 Å². The summed E-state index contributed by atoms with van der Waals surface area (Å²) >= 11 is 5.08. The third-order valence-corrected chi connectivity index (χ3v) is 4.25. The SMILES string of the molecule is COc1cccc(Sc2cccc(Br)c2)c1[C@@H](C)O. The second kappa shape index (κ2) is 6.46. The fraction of sp³-hybridized carbons (Fsp3) is 0.200. The van der Waals surface area contributed by atoms with Crippen LogP contribution < -0.4 is 4.74 Å². The number of halogens is 1. The van der Waals surface area contributed by atoms with Gasteiger partial charge in [0.25, 0.3) is 0 Å². The quantitative estimate of drug-likeness (QED) is 0.878. The fourth-order valence-corrected chi connectivity index (χ4v) is 3.53. The van der Waals surface area contributed by atoms with Crippen molar-refractivity contribution < 1.29 is 9.84 Å². The molecule has 0 radical (unpaired) electrons. The van der Waals surface area contributed by atoms with E-state index >= 15 is 0 Å². The maximum atomic E-state index is 9.95. The van der Waals surface area contributed by atoms with Crippen molar-refractivity contribution in [2.75, 3.05) is 7.11 Å². The number of rotatable bonds is 4. The monoisotopic (exact) mass is 338 g/mol. The Balaban J connectivity index is 2.39. The third-order valence-electron chi connectivity index (χ3n) is 2.69. The largest absolute Gasteiger partial charge is 0.496 e. The molecule has 2 aromatic carbocycles. The summed E-state index contributed by atoms with van der Waals surface area (Å²) < 4.78 is 6.37. The predicted molar refractivity (Wildman–Crippen MR) is 81.9 cm³/mol. The van der Waals surface area contributed by atoms with E-state index in [1.165, 1.54) is 0 Å². The first-order valence-electron chi connectivity index (χ1n) is 5.90. The molecule has 0 bridgehead atoms. The van der Waals surface area contributed by atoms with Gasteiger partial charge in [-0.25, -0.2) is 0 Å². The average Bonchev–Trinajstić information content (AvgIpc) is 2.38. The second-order valence-corrected chi connectivity index (χ2v) is 6.14. The Kier molecular flexibility index (Phi) is 4.91. The van der Waals surface area contributed by atoms with Crippen LogP contribution in [0.25, 0.3) is 0 Å². The first-order chi connectivity index (χ1) is 9.11. The highest BCUT2D eigenvalue weighted by molar-refractivity contribution is 9.10. The van der Waals surface area contributed by atoms with E-state index in [2.05, 4.69) is 22.0 Å². The van der Waals surface area contributed by atoms with Crippen LogP contribution in [-0.4, -0.2) is 12.2 Å². The number of methoxy groups -OCH3 is 1. The molecule has 0 aliphatic heterocycles. The zero-order valence-corrected chi connectivity index (χ0v) is 13.2. The Bertz CT molecular complexity index is 570. The Morgan fingerprint density at radius 2 is 1.95 bits per heavy atom. The standard InChI is InChI=1S/C15H15BrO2S/c1-10(17)15-13(18-2)7-4-8-14(15)19-12-6-3-5-11(16)9-12/h3-10,17H,1-2H3/t10-/m1/s1. The highest BCUT2D eigenvalue weighted by Crippen LogP contribution is 2.38. The molecule has 1 N–H and O–H groups in total. The molecule has 0 fully saturated rings. The fourth-order valence-electron chi connectivity index (χ4n) is 1.86. The summed E-state index contributed by atoms with van der Waals surface area (Å²) in [5.74, 6) is 0.718. The van der Waals surface area contributed by atoms with Crippen LogP contribution in [0, 0.1) is 0 Å². The van der Waals surface area contributed by atoms with Crippen molar-refractivity contribution in [3.63, 3.8) is 0 Å². The van der Waals surface area contributed by atoms with E-state index in [1.54, 1.807) is 25.8 Å². The van der Waals surface area contributed by atoms with Crippen LogP contribution in [0.1, 0.15) is 18.6 Å². The van der Waals surface area contributed by atoms with Crippen molar-refractivity contribution in [3.05, 3.63) is 52.5 Å². The lowest BCUT2D eigenvalue weighted by atomic mass is 10.1. The predicted octanol–water partition coefficient (Wildman–Crippen LogP) is 4.66. The zero-order chi connectivity index (χ0) is 13.8. The van der Waals surface area contributed by atoms with Crippen molar-refractivity contribution in [3.8, 4) is 5.75 Å². The van der Waals surface area contributed by atoms with Crippen LogP contribution in [0.3, 0.4) is 0 Å². The number of aliphatic hydroxyl groups is 1. The van der Waals surface area contributed by atoms with Crippen molar-refractivity contribution >= 4 is 27.7 Å². The van der Waals surface area contributed by atoms with E-state index < -0.39 is 6.10 Å². The van der Waals surface area contributed by atoms with Gasteiger partial charge in [-0.3, -0.25) is 0 Å². The summed E-state index contributed by atoms with van der Waals surface area (Å²) in [4.78, 5) is 2.12. The summed E-state index contributed by atoms with van der Waals surface area (Å²) in [6.45, 7) is 1.75. The van der Waals surface area contributed by atoms with Crippen LogP contribution in [0.4, 0.5) is 0 Å². The molecular weight excluding hydrogens is 324 g/mol. The molecule has 0 unspecified atom stereocenters. The smallest absolute Gasteiger partial charge is 0.125 e. The molecule has 1 atom stereocenters. The summed E-state index contributed by atoms with van der Waals surface area (Å²) in [6.07, 6.45) is -0.564. The minimum Gasteiger partial charge on any atom is -0.496 e. The number of ether oxygens (including phenoxy) is 1. The lowest BCUT2D eigenvalue weighted by Gasteiger charge is -2.15. The van der Waals surface area contributed by atoms with E-state index in [1.807, 2.05) is 36.4 Å². The molecule has 0 aliphatic carbocycles. The third kappa shape index (κ3) is 3.53. The lowest BCUT2D eigenvalue weighted by Crippen LogP contribution is -1.98. The summed E-state index contributed by atoms with van der Waals surface area (Å²) in [5, 5.41) is 9.95. The molecule has 0 heterocycles. The van der Waals surface area contributed by atoms with E-state index in [0.29, 0.717) is 0 Å². The molecule has 100 valence electrons. The first kappa shape index (κ1) is 14.4. The number of hydrogen-bond donors (Lipinski definition) is 1. The van der Waals surface area contributed by atoms with Gasteiger partial charge in [-0.2, -0.15) is 0 Å². The summed E-state index contributed by atoms with van der Waals surface area (Å²) in [7, 11) is 1.62. The molecule has 0 spiro atoms. The zero-order valence-electron chi connectivity index (χ0n) is 10.8. The van der Waals surface area contributed by atoms with Crippen molar-refractivity contribution in [2.24, 2.45) is 0 Å². The van der Waals surface area contributed by atoms with Gasteiger partial charge >= 0.3 is 0 Å². The maximum Gasteiger partial charge on any atom is 0.125 e. The minimum absolute atomic E-state index is 0.564. The molecule has 2 nitrogen and oxygen atoms in total.